The molecular formula is C20H20FNO4. The van der Waals surface area contributed by atoms with Crippen molar-refractivity contribution in [2.45, 2.75) is 39.7 Å². The number of hydrogen-bond acceptors (Lipinski definition) is 5. The number of methoxy groups -OCH3 is 1. The third-order valence-corrected chi connectivity index (χ3v) is 4.52. The summed E-state index contributed by atoms with van der Waals surface area (Å²) in [6.07, 6.45) is 2.79. The number of rotatable bonds is 6. The van der Waals surface area contributed by atoms with Crippen molar-refractivity contribution in [1.82, 2.24) is 0 Å². The predicted molar refractivity (Wildman–Crippen MR) is 93.9 cm³/mol. The Bertz CT molecular complexity index is 862. The van der Waals surface area contributed by atoms with Gasteiger partial charge in [-0.1, -0.05) is 18.2 Å². The molecule has 0 radical (unpaired) electrons. The highest BCUT2D eigenvalue weighted by Crippen LogP contribution is 2.36. The van der Waals surface area contributed by atoms with E-state index in [0.29, 0.717) is 23.1 Å². The molecule has 2 rings (SSSR count). The lowest BCUT2D eigenvalue weighted by molar-refractivity contribution is -0.140. The minimum Gasteiger partial charge on any atom is -0.469 e. The second-order valence-electron chi connectivity index (χ2n) is 6.13. The largest absolute Gasteiger partial charge is 0.469 e. The standard InChI is InChI=1S/C20H20FNO4/c1-11(6-8-17(23)25-4)5-7-14-15(9-22)19-16(10-26-20(19)24)12(2)18(14)13(3)21/h5H,3,6-8,10H2,1-2,4H3. The summed E-state index contributed by atoms with van der Waals surface area (Å²) in [6, 6.07) is 2.02. The first-order valence-corrected chi connectivity index (χ1v) is 8.14. The monoisotopic (exact) mass is 357 g/mol. The Morgan fingerprint density at radius 3 is 2.73 bits per heavy atom. The third kappa shape index (κ3) is 3.67. The van der Waals surface area contributed by atoms with E-state index >= 15 is 0 Å². The molecule has 0 spiro atoms. The fraction of sp³-hybridized carbons (Fsp3) is 0.350. The highest BCUT2D eigenvalue weighted by atomic mass is 19.1. The topological polar surface area (TPSA) is 76.4 Å². The molecule has 5 nitrogen and oxygen atoms in total. The Kier molecular flexibility index (Phi) is 5.93. The molecule has 0 amide bonds. The summed E-state index contributed by atoms with van der Waals surface area (Å²) in [7, 11) is 1.33. The van der Waals surface area contributed by atoms with Crippen molar-refractivity contribution in [2.75, 3.05) is 7.11 Å². The Balaban J connectivity index is 2.48. The maximum absolute atomic E-state index is 14.1. The lowest BCUT2D eigenvalue weighted by Gasteiger charge is -2.15. The van der Waals surface area contributed by atoms with Crippen LogP contribution >= 0.6 is 0 Å². The van der Waals surface area contributed by atoms with Crippen molar-refractivity contribution in [3.8, 4) is 6.07 Å². The van der Waals surface area contributed by atoms with Crippen LogP contribution in [-0.4, -0.2) is 19.0 Å². The fourth-order valence-corrected chi connectivity index (χ4v) is 3.08. The molecule has 0 fully saturated rings. The van der Waals surface area contributed by atoms with Gasteiger partial charge in [-0.15, -0.1) is 0 Å². The molecule has 0 aromatic heterocycles. The SMILES string of the molecule is C=C(F)c1c(C)c2c(c(C#N)c1CC=C(C)CCC(=O)OC)C(=O)OC2. The highest BCUT2D eigenvalue weighted by Gasteiger charge is 2.32. The highest BCUT2D eigenvalue weighted by molar-refractivity contribution is 5.98. The van der Waals surface area contributed by atoms with E-state index in [1.54, 1.807) is 6.92 Å². The molecule has 0 saturated carbocycles. The van der Waals surface area contributed by atoms with Crippen LogP contribution in [0, 0.1) is 18.3 Å². The average Bonchev–Trinajstić information content (AvgIpc) is 2.99. The fourth-order valence-electron chi connectivity index (χ4n) is 3.08. The van der Waals surface area contributed by atoms with E-state index in [4.69, 9.17) is 4.74 Å². The van der Waals surface area contributed by atoms with Crippen LogP contribution in [0.5, 0.6) is 0 Å². The molecule has 1 aromatic carbocycles. The van der Waals surface area contributed by atoms with E-state index in [-0.39, 0.29) is 42.1 Å². The summed E-state index contributed by atoms with van der Waals surface area (Å²) >= 11 is 0. The van der Waals surface area contributed by atoms with Gasteiger partial charge in [-0.3, -0.25) is 4.79 Å². The zero-order valence-electron chi connectivity index (χ0n) is 15.1. The zero-order chi connectivity index (χ0) is 19.4. The Labute approximate surface area is 151 Å². The molecule has 1 aromatic rings. The van der Waals surface area contributed by atoms with Gasteiger partial charge < -0.3 is 9.47 Å². The van der Waals surface area contributed by atoms with E-state index in [9.17, 15) is 19.2 Å². The van der Waals surface area contributed by atoms with Gasteiger partial charge in [0, 0.05) is 17.5 Å². The molecule has 26 heavy (non-hydrogen) atoms. The molecule has 0 N–H and O–H groups in total. The number of hydrogen-bond donors (Lipinski definition) is 0. The van der Waals surface area contributed by atoms with Crippen molar-refractivity contribution in [3.63, 3.8) is 0 Å². The van der Waals surface area contributed by atoms with Crippen LogP contribution < -0.4 is 0 Å². The van der Waals surface area contributed by atoms with Crippen molar-refractivity contribution in [3.05, 3.63) is 51.6 Å². The average molecular weight is 357 g/mol. The number of ether oxygens (including phenoxy) is 2. The summed E-state index contributed by atoms with van der Waals surface area (Å²) in [5.41, 5.74) is 2.99. The number of carbonyl (C=O) groups excluding carboxylic acids is 2. The second-order valence-corrected chi connectivity index (χ2v) is 6.13. The molecule has 0 atom stereocenters. The minimum atomic E-state index is -0.656. The van der Waals surface area contributed by atoms with Crippen molar-refractivity contribution in [1.29, 1.82) is 5.26 Å². The number of halogens is 1. The van der Waals surface area contributed by atoms with Gasteiger partial charge in [0.15, 0.2) is 0 Å². The molecule has 0 bridgehead atoms. The summed E-state index contributed by atoms with van der Waals surface area (Å²) in [5.74, 6) is -1.54. The van der Waals surface area contributed by atoms with Gasteiger partial charge in [-0.25, -0.2) is 9.18 Å². The third-order valence-electron chi connectivity index (χ3n) is 4.52. The van der Waals surface area contributed by atoms with Crippen LogP contribution in [0.3, 0.4) is 0 Å². The van der Waals surface area contributed by atoms with E-state index in [1.165, 1.54) is 7.11 Å². The van der Waals surface area contributed by atoms with Crippen LogP contribution in [-0.2, 0) is 27.3 Å². The number of carbonyl (C=O) groups is 2. The van der Waals surface area contributed by atoms with Gasteiger partial charge in [0.05, 0.1) is 18.2 Å². The molecular weight excluding hydrogens is 337 g/mol. The second kappa shape index (κ2) is 7.96. The Morgan fingerprint density at radius 1 is 1.46 bits per heavy atom. The first-order chi connectivity index (χ1) is 12.3. The molecule has 136 valence electrons. The predicted octanol–water partition coefficient (Wildman–Crippen LogP) is 3.92. The molecule has 1 heterocycles. The summed E-state index contributed by atoms with van der Waals surface area (Å²) < 4.78 is 23.8. The number of cyclic esters (lactones) is 1. The van der Waals surface area contributed by atoms with E-state index in [0.717, 1.165) is 5.57 Å². The molecule has 1 aliphatic heterocycles. The number of esters is 2. The number of fused-ring (bicyclic) bond motifs is 1. The van der Waals surface area contributed by atoms with Gasteiger partial charge in [0.1, 0.15) is 18.5 Å². The van der Waals surface area contributed by atoms with Gasteiger partial charge >= 0.3 is 11.9 Å². The van der Waals surface area contributed by atoms with Crippen LogP contribution in [0.25, 0.3) is 5.83 Å². The maximum Gasteiger partial charge on any atom is 0.340 e. The molecule has 0 saturated heterocycles. The van der Waals surface area contributed by atoms with Crippen LogP contribution in [0.15, 0.2) is 18.2 Å². The van der Waals surface area contributed by atoms with E-state index in [2.05, 4.69) is 11.3 Å². The van der Waals surface area contributed by atoms with Crippen molar-refractivity contribution >= 4 is 17.8 Å². The minimum absolute atomic E-state index is 0.0310. The molecule has 1 aliphatic rings. The van der Waals surface area contributed by atoms with E-state index < -0.39 is 11.8 Å². The summed E-state index contributed by atoms with van der Waals surface area (Å²) in [6.45, 7) is 6.95. The van der Waals surface area contributed by atoms with Crippen LogP contribution in [0.2, 0.25) is 0 Å². The summed E-state index contributed by atoms with van der Waals surface area (Å²) in [5, 5.41) is 9.58. The van der Waals surface area contributed by atoms with Crippen molar-refractivity contribution in [2.24, 2.45) is 0 Å². The number of benzene rings is 1. The number of allylic oxidation sites excluding steroid dienone is 2. The van der Waals surface area contributed by atoms with Gasteiger partial charge in [0.2, 0.25) is 0 Å². The Morgan fingerprint density at radius 2 is 2.15 bits per heavy atom. The van der Waals surface area contributed by atoms with Gasteiger partial charge in [0.25, 0.3) is 0 Å². The molecule has 0 unspecified atom stereocenters. The zero-order valence-corrected chi connectivity index (χ0v) is 15.1. The Hall–Kier alpha value is -2.94. The number of nitrogens with zero attached hydrogens (tertiary/aromatic N) is 1. The van der Waals surface area contributed by atoms with Crippen molar-refractivity contribution < 1.29 is 23.5 Å². The number of nitriles is 1. The normalized spacial score (nSPS) is 13.0. The van der Waals surface area contributed by atoms with Crippen LogP contribution in [0.4, 0.5) is 4.39 Å². The first-order valence-electron chi connectivity index (χ1n) is 8.14. The molecule has 0 aliphatic carbocycles. The smallest absolute Gasteiger partial charge is 0.340 e. The summed E-state index contributed by atoms with van der Waals surface area (Å²) in [4.78, 5) is 23.3. The van der Waals surface area contributed by atoms with Gasteiger partial charge in [-0.05, 0) is 37.8 Å². The quantitative estimate of drug-likeness (QED) is 0.570. The lowest BCUT2D eigenvalue weighted by Crippen LogP contribution is -2.08. The van der Waals surface area contributed by atoms with Gasteiger partial charge in [-0.2, -0.15) is 5.26 Å². The first kappa shape index (κ1) is 19.4. The molecule has 6 heteroatoms. The van der Waals surface area contributed by atoms with E-state index in [1.807, 2.05) is 19.1 Å². The maximum atomic E-state index is 14.1. The lowest BCUT2D eigenvalue weighted by atomic mass is 9.86. The van der Waals surface area contributed by atoms with Crippen LogP contribution in [0.1, 0.15) is 57.9 Å².